The molecule has 4 nitrogen and oxygen atoms in total. The zero-order chi connectivity index (χ0) is 12.1. The quantitative estimate of drug-likeness (QED) is 0.647. The van der Waals surface area contributed by atoms with Crippen LogP contribution in [-0.2, 0) is 13.1 Å². The molecule has 0 radical (unpaired) electrons. The number of furan rings is 1. The predicted molar refractivity (Wildman–Crippen MR) is 74.8 cm³/mol. The zero-order valence-corrected chi connectivity index (χ0v) is 12.0. The molecule has 0 aliphatic carbocycles. The molecule has 2 heterocycles. The first-order valence-electron chi connectivity index (χ1n) is 5.73. The average molecular weight is 345 g/mol. The van der Waals surface area contributed by atoms with E-state index in [9.17, 15) is 0 Å². The van der Waals surface area contributed by atoms with E-state index in [4.69, 9.17) is 4.42 Å². The van der Waals surface area contributed by atoms with Gasteiger partial charge in [-0.05, 0) is 41.6 Å². The number of hydrogen-bond donors (Lipinski definition) is 1. The van der Waals surface area contributed by atoms with Crippen molar-refractivity contribution in [3.63, 3.8) is 0 Å². The Morgan fingerprint density at radius 3 is 3.12 bits per heavy atom. The summed E-state index contributed by atoms with van der Waals surface area (Å²) in [4.78, 5) is 0. The SMILES string of the molecule is CCCNCc1coc(Cn2cc(I)cn2)c1. The Morgan fingerprint density at radius 1 is 1.53 bits per heavy atom. The Hall–Kier alpha value is -0.820. The number of aromatic nitrogens is 2. The summed E-state index contributed by atoms with van der Waals surface area (Å²) in [6.07, 6.45) is 6.80. The van der Waals surface area contributed by atoms with Crippen LogP contribution < -0.4 is 5.32 Å². The van der Waals surface area contributed by atoms with E-state index < -0.39 is 0 Å². The second kappa shape index (κ2) is 6.20. The molecule has 2 aromatic heterocycles. The molecule has 0 unspecified atom stereocenters. The molecule has 92 valence electrons. The molecule has 0 saturated carbocycles. The summed E-state index contributed by atoms with van der Waals surface area (Å²) in [5, 5.41) is 7.58. The van der Waals surface area contributed by atoms with Crippen LogP contribution in [0.3, 0.4) is 0 Å². The standard InChI is InChI=1S/C12H16IN3O/c1-2-3-14-5-10-4-12(17-9-10)8-16-7-11(13)6-15-16/h4,6-7,9,14H,2-3,5,8H2,1H3. The lowest BCUT2D eigenvalue weighted by Crippen LogP contribution is -2.13. The third kappa shape index (κ3) is 3.85. The number of rotatable bonds is 6. The highest BCUT2D eigenvalue weighted by Gasteiger charge is 2.03. The fraction of sp³-hybridized carbons (Fsp3) is 0.417. The van der Waals surface area contributed by atoms with Gasteiger partial charge >= 0.3 is 0 Å². The molecule has 0 atom stereocenters. The molecule has 17 heavy (non-hydrogen) atoms. The van der Waals surface area contributed by atoms with Crippen molar-refractivity contribution < 1.29 is 4.42 Å². The van der Waals surface area contributed by atoms with Crippen molar-refractivity contribution in [3.05, 3.63) is 39.6 Å². The van der Waals surface area contributed by atoms with Crippen LogP contribution in [0.2, 0.25) is 0 Å². The fourth-order valence-electron chi connectivity index (χ4n) is 1.60. The lowest BCUT2D eigenvalue weighted by atomic mass is 10.3. The number of nitrogens with zero attached hydrogens (tertiary/aromatic N) is 2. The normalized spacial score (nSPS) is 10.9. The highest BCUT2D eigenvalue weighted by molar-refractivity contribution is 14.1. The van der Waals surface area contributed by atoms with Gasteiger partial charge in [-0.2, -0.15) is 5.10 Å². The lowest BCUT2D eigenvalue weighted by molar-refractivity contribution is 0.478. The average Bonchev–Trinajstić information content (AvgIpc) is 2.90. The van der Waals surface area contributed by atoms with Crippen LogP contribution in [0, 0.1) is 3.57 Å². The number of halogens is 1. The second-order valence-electron chi connectivity index (χ2n) is 3.95. The third-order valence-corrected chi connectivity index (χ3v) is 2.94. The summed E-state index contributed by atoms with van der Waals surface area (Å²) in [6, 6.07) is 2.08. The van der Waals surface area contributed by atoms with Gasteiger partial charge in [-0.15, -0.1) is 0 Å². The summed E-state index contributed by atoms with van der Waals surface area (Å²) < 4.78 is 8.52. The van der Waals surface area contributed by atoms with E-state index in [1.807, 2.05) is 23.3 Å². The summed E-state index contributed by atoms with van der Waals surface area (Å²) in [5.74, 6) is 0.942. The smallest absolute Gasteiger partial charge is 0.125 e. The molecule has 2 aromatic rings. The van der Waals surface area contributed by atoms with Crippen molar-refractivity contribution in [2.24, 2.45) is 0 Å². The molecule has 0 aliphatic rings. The van der Waals surface area contributed by atoms with Gasteiger partial charge in [0.15, 0.2) is 0 Å². The Bertz CT molecular complexity index is 464. The van der Waals surface area contributed by atoms with Crippen molar-refractivity contribution in [1.29, 1.82) is 0 Å². The first-order valence-corrected chi connectivity index (χ1v) is 6.80. The molecule has 0 spiro atoms. The van der Waals surface area contributed by atoms with E-state index in [0.717, 1.165) is 28.8 Å². The van der Waals surface area contributed by atoms with Gasteiger partial charge in [-0.1, -0.05) is 6.92 Å². The molecule has 0 fully saturated rings. The van der Waals surface area contributed by atoms with Gasteiger partial charge in [0.05, 0.1) is 22.6 Å². The van der Waals surface area contributed by atoms with E-state index in [-0.39, 0.29) is 0 Å². The molecule has 0 aliphatic heterocycles. The largest absolute Gasteiger partial charge is 0.467 e. The fourth-order valence-corrected chi connectivity index (χ4v) is 2.04. The van der Waals surface area contributed by atoms with Gasteiger partial charge in [0.25, 0.3) is 0 Å². The van der Waals surface area contributed by atoms with Crippen molar-refractivity contribution >= 4 is 22.6 Å². The van der Waals surface area contributed by atoms with Crippen molar-refractivity contribution in [2.75, 3.05) is 6.54 Å². The van der Waals surface area contributed by atoms with Gasteiger partial charge < -0.3 is 9.73 Å². The maximum atomic E-state index is 5.51. The zero-order valence-electron chi connectivity index (χ0n) is 9.82. The molecule has 1 N–H and O–H groups in total. The monoisotopic (exact) mass is 345 g/mol. The van der Waals surface area contributed by atoms with Crippen molar-refractivity contribution in [2.45, 2.75) is 26.4 Å². The first-order chi connectivity index (χ1) is 8.28. The van der Waals surface area contributed by atoms with Crippen LogP contribution in [0.15, 0.2) is 29.1 Å². The minimum atomic E-state index is 0.691. The van der Waals surface area contributed by atoms with Crippen molar-refractivity contribution in [3.8, 4) is 0 Å². The van der Waals surface area contributed by atoms with E-state index in [1.165, 1.54) is 5.56 Å². The van der Waals surface area contributed by atoms with Crippen LogP contribution in [0.5, 0.6) is 0 Å². The Kier molecular flexibility index (Phi) is 4.61. The Morgan fingerprint density at radius 2 is 2.41 bits per heavy atom. The molecular weight excluding hydrogens is 329 g/mol. The highest BCUT2D eigenvalue weighted by atomic mass is 127. The first kappa shape index (κ1) is 12.6. The van der Waals surface area contributed by atoms with Gasteiger partial charge in [0, 0.05) is 18.3 Å². The summed E-state index contributed by atoms with van der Waals surface area (Å²) in [5.41, 5.74) is 1.19. The molecule has 0 saturated heterocycles. The summed E-state index contributed by atoms with van der Waals surface area (Å²) >= 11 is 2.25. The van der Waals surface area contributed by atoms with Crippen LogP contribution in [0.1, 0.15) is 24.7 Å². The number of hydrogen-bond acceptors (Lipinski definition) is 3. The second-order valence-corrected chi connectivity index (χ2v) is 5.20. The van der Waals surface area contributed by atoms with Crippen LogP contribution in [-0.4, -0.2) is 16.3 Å². The summed E-state index contributed by atoms with van der Waals surface area (Å²) in [6.45, 7) is 4.76. The maximum Gasteiger partial charge on any atom is 0.125 e. The molecule has 2 rings (SSSR count). The van der Waals surface area contributed by atoms with Crippen LogP contribution >= 0.6 is 22.6 Å². The van der Waals surface area contributed by atoms with E-state index in [2.05, 4.69) is 46.0 Å². The van der Waals surface area contributed by atoms with Crippen LogP contribution in [0.25, 0.3) is 0 Å². The molecule has 5 heteroatoms. The third-order valence-electron chi connectivity index (χ3n) is 2.38. The Balaban J connectivity index is 1.89. The van der Waals surface area contributed by atoms with Gasteiger partial charge in [0.1, 0.15) is 5.76 Å². The van der Waals surface area contributed by atoms with E-state index in [0.29, 0.717) is 6.54 Å². The topological polar surface area (TPSA) is 43.0 Å². The van der Waals surface area contributed by atoms with E-state index >= 15 is 0 Å². The van der Waals surface area contributed by atoms with Gasteiger partial charge in [-0.3, -0.25) is 4.68 Å². The molecule has 0 bridgehead atoms. The van der Waals surface area contributed by atoms with Crippen molar-refractivity contribution in [1.82, 2.24) is 15.1 Å². The Labute approximate surface area is 115 Å². The minimum absolute atomic E-state index is 0.691. The maximum absolute atomic E-state index is 5.51. The molecular formula is C12H16IN3O. The highest BCUT2D eigenvalue weighted by Crippen LogP contribution is 2.10. The lowest BCUT2D eigenvalue weighted by Gasteiger charge is -1.98. The van der Waals surface area contributed by atoms with Crippen LogP contribution in [0.4, 0.5) is 0 Å². The minimum Gasteiger partial charge on any atom is -0.467 e. The number of nitrogens with one attached hydrogen (secondary N) is 1. The summed E-state index contributed by atoms with van der Waals surface area (Å²) in [7, 11) is 0. The van der Waals surface area contributed by atoms with E-state index in [1.54, 1.807) is 0 Å². The predicted octanol–water partition coefficient (Wildman–Crippen LogP) is 2.63. The van der Waals surface area contributed by atoms with Gasteiger partial charge in [-0.25, -0.2) is 0 Å². The van der Waals surface area contributed by atoms with Gasteiger partial charge in [0.2, 0.25) is 0 Å². The molecule has 0 aromatic carbocycles. The molecule has 0 amide bonds.